The van der Waals surface area contributed by atoms with Gasteiger partial charge in [0, 0.05) is 18.4 Å². The SMILES string of the molecule is CC(=O)OC1C(=O)N(CCCN(C)C)c2ccccc2SC1c1ccccc1.Cl. The van der Waals surface area contributed by atoms with E-state index in [4.69, 9.17) is 4.74 Å². The molecule has 7 heteroatoms. The van der Waals surface area contributed by atoms with Crippen LogP contribution in [0.5, 0.6) is 0 Å². The molecule has 1 heterocycles. The first-order valence-electron chi connectivity index (χ1n) is 9.41. The fourth-order valence-corrected chi connectivity index (χ4v) is 4.65. The van der Waals surface area contributed by atoms with Gasteiger partial charge in [-0.25, -0.2) is 0 Å². The maximum absolute atomic E-state index is 13.5. The van der Waals surface area contributed by atoms with E-state index in [0.29, 0.717) is 6.54 Å². The zero-order valence-corrected chi connectivity index (χ0v) is 18.5. The molecule has 29 heavy (non-hydrogen) atoms. The largest absolute Gasteiger partial charge is 0.451 e. The van der Waals surface area contributed by atoms with Gasteiger partial charge in [0.2, 0.25) is 0 Å². The second kappa shape index (κ2) is 10.7. The first-order valence-corrected chi connectivity index (χ1v) is 10.3. The molecule has 2 unspecified atom stereocenters. The molecule has 1 aliphatic heterocycles. The molecule has 0 bridgehead atoms. The molecule has 3 rings (SSSR count). The van der Waals surface area contributed by atoms with Gasteiger partial charge in [0.25, 0.3) is 5.91 Å². The minimum Gasteiger partial charge on any atom is -0.451 e. The molecule has 0 saturated heterocycles. The first kappa shape index (κ1) is 23.3. The highest BCUT2D eigenvalue weighted by Gasteiger charge is 2.40. The maximum Gasteiger partial charge on any atom is 0.303 e. The molecule has 1 amide bonds. The molecule has 2 atom stereocenters. The third kappa shape index (κ3) is 5.75. The van der Waals surface area contributed by atoms with Crippen molar-refractivity contribution in [3.8, 4) is 0 Å². The number of carbonyl (C=O) groups is 2. The molecule has 0 aromatic heterocycles. The third-order valence-corrected chi connectivity index (χ3v) is 5.97. The number of thioether (sulfide) groups is 1. The molecule has 1 aliphatic rings. The van der Waals surface area contributed by atoms with Crippen LogP contribution in [0.2, 0.25) is 0 Å². The number of amides is 1. The summed E-state index contributed by atoms with van der Waals surface area (Å²) in [4.78, 5) is 30.2. The van der Waals surface area contributed by atoms with Crippen LogP contribution in [0.1, 0.15) is 24.2 Å². The van der Waals surface area contributed by atoms with Gasteiger partial charge in [-0.15, -0.1) is 24.2 Å². The average Bonchev–Trinajstić information content (AvgIpc) is 2.78. The van der Waals surface area contributed by atoms with Gasteiger partial charge in [0.15, 0.2) is 6.10 Å². The lowest BCUT2D eigenvalue weighted by Gasteiger charge is -2.28. The molecule has 156 valence electrons. The third-order valence-electron chi connectivity index (χ3n) is 4.60. The number of esters is 1. The summed E-state index contributed by atoms with van der Waals surface area (Å²) in [5, 5.41) is -0.294. The van der Waals surface area contributed by atoms with Crippen molar-refractivity contribution >= 4 is 41.7 Å². The smallest absolute Gasteiger partial charge is 0.303 e. The van der Waals surface area contributed by atoms with Gasteiger partial charge < -0.3 is 14.5 Å². The van der Waals surface area contributed by atoms with E-state index in [1.807, 2.05) is 68.7 Å². The van der Waals surface area contributed by atoms with Gasteiger partial charge in [-0.2, -0.15) is 0 Å². The lowest BCUT2D eigenvalue weighted by Crippen LogP contribution is -2.43. The standard InChI is InChI=1S/C22H26N2O3S.ClH/c1-16(25)27-20-21(17-10-5-4-6-11-17)28-19-13-8-7-12-18(19)24(22(20)26)15-9-14-23(2)3;/h4-8,10-13,20-21H,9,14-15H2,1-3H3;1H. The molecular formula is C22H27ClN2O3S. The normalized spacial score (nSPS) is 18.6. The first-order chi connectivity index (χ1) is 13.5. The summed E-state index contributed by atoms with van der Waals surface area (Å²) < 4.78 is 5.58. The average molecular weight is 435 g/mol. The van der Waals surface area contributed by atoms with Crippen molar-refractivity contribution in [1.29, 1.82) is 0 Å². The number of rotatable bonds is 6. The number of nitrogens with zero attached hydrogens (tertiary/aromatic N) is 2. The van der Waals surface area contributed by atoms with E-state index in [9.17, 15) is 9.59 Å². The summed E-state index contributed by atoms with van der Waals surface area (Å²) in [5.74, 6) is -0.612. The molecule has 0 aliphatic carbocycles. The van der Waals surface area contributed by atoms with Crippen molar-refractivity contribution in [3.05, 3.63) is 60.2 Å². The maximum atomic E-state index is 13.5. The van der Waals surface area contributed by atoms with Gasteiger partial charge in [-0.1, -0.05) is 42.5 Å². The Labute approximate surface area is 182 Å². The number of carbonyl (C=O) groups excluding carboxylic acids is 2. The predicted molar refractivity (Wildman–Crippen MR) is 120 cm³/mol. The Hall–Kier alpha value is -2.02. The minimum absolute atomic E-state index is 0. The van der Waals surface area contributed by atoms with E-state index in [-0.39, 0.29) is 23.6 Å². The summed E-state index contributed by atoms with van der Waals surface area (Å²) in [6.45, 7) is 2.81. The van der Waals surface area contributed by atoms with E-state index >= 15 is 0 Å². The van der Waals surface area contributed by atoms with Gasteiger partial charge in [-0.3, -0.25) is 9.59 Å². The number of anilines is 1. The van der Waals surface area contributed by atoms with Crippen molar-refractivity contribution in [2.75, 3.05) is 32.1 Å². The number of hydrogen-bond acceptors (Lipinski definition) is 5. The van der Waals surface area contributed by atoms with E-state index in [2.05, 4.69) is 4.90 Å². The van der Waals surface area contributed by atoms with E-state index in [1.54, 1.807) is 16.7 Å². The number of halogens is 1. The lowest BCUT2D eigenvalue weighted by molar-refractivity contribution is -0.152. The molecular weight excluding hydrogens is 408 g/mol. The molecule has 2 aromatic rings. The summed E-state index contributed by atoms with van der Waals surface area (Å²) in [6.07, 6.45) is -0.0303. The van der Waals surface area contributed by atoms with Crippen LogP contribution >= 0.6 is 24.2 Å². The summed E-state index contributed by atoms with van der Waals surface area (Å²) in [7, 11) is 4.03. The monoisotopic (exact) mass is 434 g/mol. The topological polar surface area (TPSA) is 49.9 Å². The Kier molecular flexibility index (Phi) is 8.56. The Balaban J connectivity index is 0.00000300. The number of ether oxygens (including phenoxy) is 1. The zero-order chi connectivity index (χ0) is 20.1. The Bertz CT molecular complexity index is 832. The van der Waals surface area contributed by atoms with Crippen LogP contribution in [-0.2, 0) is 14.3 Å². The van der Waals surface area contributed by atoms with Gasteiger partial charge >= 0.3 is 5.97 Å². The van der Waals surface area contributed by atoms with Crippen LogP contribution in [0.25, 0.3) is 0 Å². The highest BCUT2D eigenvalue weighted by Crippen LogP contribution is 2.46. The molecule has 5 nitrogen and oxygen atoms in total. The molecule has 0 fully saturated rings. The highest BCUT2D eigenvalue weighted by atomic mass is 35.5. The van der Waals surface area contributed by atoms with Crippen LogP contribution < -0.4 is 4.90 Å². The molecule has 0 spiro atoms. The molecule has 2 aromatic carbocycles. The number of benzene rings is 2. The van der Waals surface area contributed by atoms with Gasteiger partial charge in [0.1, 0.15) is 0 Å². The van der Waals surface area contributed by atoms with Crippen molar-refractivity contribution in [2.24, 2.45) is 0 Å². The number of fused-ring (bicyclic) bond motifs is 1. The Morgan fingerprint density at radius 1 is 1.10 bits per heavy atom. The van der Waals surface area contributed by atoms with Crippen LogP contribution in [-0.4, -0.2) is 50.1 Å². The fourth-order valence-electron chi connectivity index (χ4n) is 3.33. The Morgan fingerprint density at radius 2 is 1.76 bits per heavy atom. The molecule has 0 saturated carbocycles. The fraction of sp³-hybridized carbons (Fsp3) is 0.364. The number of hydrogen-bond donors (Lipinski definition) is 0. The van der Waals surface area contributed by atoms with Crippen LogP contribution in [0, 0.1) is 0 Å². The zero-order valence-electron chi connectivity index (χ0n) is 16.9. The van der Waals surface area contributed by atoms with Crippen LogP contribution in [0.15, 0.2) is 59.5 Å². The number of para-hydroxylation sites is 1. The van der Waals surface area contributed by atoms with Crippen LogP contribution in [0.4, 0.5) is 5.69 Å². The summed E-state index contributed by atoms with van der Waals surface area (Å²) in [6, 6.07) is 17.7. The van der Waals surface area contributed by atoms with Crippen molar-refractivity contribution in [2.45, 2.75) is 29.6 Å². The lowest BCUT2D eigenvalue weighted by atomic mass is 10.1. The second-order valence-corrected chi connectivity index (χ2v) is 8.28. The van der Waals surface area contributed by atoms with E-state index < -0.39 is 12.1 Å². The van der Waals surface area contributed by atoms with Gasteiger partial charge in [-0.05, 0) is 44.8 Å². The minimum atomic E-state index is -0.864. The molecule has 0 radical (unpaired) electrons. The van der Waals surface area contributed by atoms with Crippen molar-refractivity contribution < 1.29 is 14.3 Å². The predicted octanol–water partition coefficient (Wildman–Crippen LogP) is 4.17. The van der Waals surface area contributed by atoms with Crippen LogP contribution in [0.3, 0.4) is 0 Å². The van der Waals surface area contributed by atoms with Crippen molar-refractivity contribution in [3.63, 3.8) is 0 Å². The van der Waals surface area contributed by atoms with E-state index in [1.165, 1.54) is 6.92 Å². The van der Waals surface area contributed by atoms with E-state index in [0.717, 1.165) is 29.1 Å². The quantitative estimate of drug-likeness (QED) is 0.638. The van der Waals surface area contributed by atoms with Gasteiger partial charge in [0.05, 0.1) is 10.9 Å². The summed E-state index contributed by atoms with van der Waals surface area (Å²) in [5.41, 5.74) is 1.85. The highest BCUT2D eigenvalue weighted by molar-refractivity contribution is 7.99. The Morgan fingerprint density at radius 3 is 2.41 bits per heavy atom. The second-order valence-electron chi connectivity index (χ2n) is 7.09. The molecule has 0 N–H and O–H groups in total. The van der Waals surface area contributed by atoms with Crippen molar-refractivity contribution in [1.82, 2.24) is 4.90 Å². The summed E-state index contributed by atoms with van der Waals surface area (Å²) >= 11 is 1.58.